The van der Waals surface area contributed by atoms with Gasteiger partial charge >= 0.3 is 0 Å². The Bertz CT molecular complexity index is 252. The van der Waals surface area contributed by atoms with E-state index < -0.39 is 0 Å². The molecule has 1 aromatic rings. The molecule has 1 heterocycles. The third-order valence-corrected chi connectivity index (χ3v) is 2.65. The van der Waals surface area contributed by atoms with E-state index in [0.717, 1.165) is 23.0 Å². The first-order chi connectivity index (χ1) is 5.25. The lowest BCUT2D eigenvalue weighted by atomic mass is 10.2. The summed E-state index contributed by atoms with van der Waals surface area (Å²) in [6.07, 6.45) is 3.48. The van der Waals surface area contributed by atoms with E-state index in [1.54, 1.807) is 0 Å². The van der Waals surface area contributed by atoms with Gasteiger partial charge in [0.05, 0.1) is 10.2 Å². The molecular weight excluding hydrogens is 227 g/mol. The highest BCUT2D eigenvalue weighted by molar-refractivity contribution is 9.10. The van der Waals surface area contributed by atoms with Gasteiger partial charge < -0.3 is 0 Å². The molecule has 1 aromatic heterocycles. The zero-order valence-corrected chi connectivity index (χ0v) is 8.48. The molecule has 2 nitrogen and oxygen atoms in total. The molecule has 11 heavy (non-hydrogen) atoms. The van der Waals surface area contributed by atoms with Crippen LogP contribution in [0, 0.1) is 0 Å². The van der Waals surface area contributed by atoms with Crippen LogP contribution in [0.15, 0.2) is 10.8 Å². The van der Waals surface area contributed by atoms with Crippen LogP contribution in [0.5, 0.6) is 0 Å². The van der Waals surface area contributed by atoms with Crippen LogP contribution in [-0.4, -0.2) is 9.97 Å². The van der Waals surface area contributed by atoms with Gasteiger partial charge in [0.25, 0.3) is 0 Å². The minimum Gasteiger partial charge on any atom is -0.240 e. The minimum absolute atomic E-state index is 0.489. The zero-order valence-electron chi connectivity index (χ0n) is 6.14. The Morgan fingerprint density at radius 3 is 2.91 bits per heavy atom. The van der Waals surface area contributed by atoms with Gasteiger partial charge in [-0.3, -0.25) is 0 Å². The quantitative estimate of drug-likeness (QED) is 0.737. The minimum atomic E-state index is 0.489. The summed E-state index contributed by atoms with van der Waals surface area (Å²) in [6, 6.07) is 0. The van der Waals surface area contributed by atoms with Crippen molar-refractivity contribution in [2.75, 3.05) is 0 Å². The van der Waals surface area contributed by atoms with Crippen LogP contribution < -0.4 is 0 Å². The van der Waals surface area contributed by atoms with Gasteiger partial charge in [-0.15, -0.1) is 0 Å². The van der Waals surface area contributed by atoms with Crippen LogP contribution in [0.1, 0.15) is 19.0 Å². The Kier molecular flexibility index (Phi) is 3.27. The molecule has 0 atom stereocenters. The molecule has 0 spiro atoms. The van der Waals surface area contributed by atoms with Crippen LogP contribution >= 0.6 is 27.5 Å². The van der Waals surface area contributed by atoms with Crippen molar-refractivity contribution in [3.63, 3.8) is 0 Å². The molecule has 0 saturated heterocycles. The van der Waals surface area contributed by atoms with Crippen molar-refractivity contribution in [3.05, 3.63) is 21.6 Å². The highest BCUT2D eigenvalue weighted by Crippen LogP contribution is 2.22. The Hall–Kier alpha value is -0.150. The summed E-state index contributed by atoms with van der Waals surface area (Å²) in [5.41, 5.74) is 0.979. The lowest BCUT2D eigenvalue weighted by molar-refractivity contribution is 0.865. The van der Waals surface area contributed by atoms with Gasteiger partial charge in [0.15, 0.2) is 0 Å². The van der Waals surface area contributed by atoms with Gasteiger partial charge in [0, 0.05) is 0 Å². The molecule has 0 bridgehead atoms. The van der Waals surface area contributed by atoms with Gasteiger partial charge in [-0.25, -0.2) is 9.97 Å². The standard InChI is InChI=1S/C7H8BrClN2/c1-2-3-5-6(8)7(9)11-4-10-5/h4H,2-3H2,1H3. The molecule has 0 fully saturated rings. The summed E-state index contributed by atoms with van der Waals surface area (Å²) in [7, 11) is 0. The third-order valence-electron chi connectivity index (χ3n) is 1.31. The second-order valence-corrected chi connectivity index (χ2v) is 3.33. The van der Waals surface area contributed by atoms with E-state index >= 15 is 0 Å². The maximum Gasteiger partial charge on any atom is 0.146 e. The van der Waals surface area contributed by atoms with Crippen molar-refractivity contribution in [1.82, 2.24) is 9.97 Å². The highest BCUT2D eigenvalue weighted by Gasteiger charge is 2.04. The molecule has 4 heteroatoms. The van der Waals surface area contributed by atoms with E-state index in [1.165, 1.54) is 6.33 Å². The smallest absolute Gasteiger partial charge is 0.146 e. The van der Waals surface area contributed by atoms with E-state index in [1.807, 2.05) is 0 Å². The topological polar surface area (TPSA) is 25.8 Å². The number of hydrogen-bond donors (Lipinski definition) is 0. The third kappa shape index (κ3) is 2.14. The SMILES string of the molecule is CCCc1ncnc(Cl)c1Br. The normalized spacial score (nSPS) is 10.1. The molecule has 0 unspecified atom stereocenters. The van der Waals surface area contributed by atoms with Crippen molar-refractivity contribution >= 4 is 27.5 Å². The Balaban J connectivity index is 2.96. The number of rotatable bonds is 2. The molecule has 0 aromatic carbocycles. The van der Waals surface area contributed by atoms with Crippen LogP contribution in [0.25, 0.3) is 0 Å². The fraction of sp³-hybridized carbons (Fsp3) is 0.429. The summed E-state index contributed by atoms with van der Waals surface area (Å²) < 4.78 is 0.823. The molecular formula is C7H8BrClN2. The van der Waals surface area contributed by atoms with E-state index in [0.29, 0.717) is 5.15 Å². The highest BCUT2D eigenvalue weighted by atomic mass is 79.9. The van der Waals surface area contributed by atoms with E-state index in [-0.39, 0.29) is 0 Å². The molecule has 0 N–H and O–H groups in total. The summed E-state index contributed by atoms with van der Waals surface area (Å²) in [5, 5.41) is 0.489. The number of halogens is 2. The molecule has 0 aliphatic heterocycles. The van der Waals surface area contributed by atoms with E-state index in [9.17, 15) is 0 Å². The summed E-state index contributed by atoms with van der Waals surface area (Å²) in [6.45, 7) is 2.10. The fourth-order valence-electron chi connectivity index (χ4n) is 0.793. The Labute approximate surface area is 79.1 Å². The average Bonchev–Trinajstić information content (AvgIpc) is 1.99. The van der Waals surface area contributed by atoms with Crippen molar-refractivity contribution in [1.29, 1.82) is 0 Å². The maximum absolute atomic E-state index is 5.75. The Morgan fingerprint density at radius 1 is 1.55 bits per heavy atom. The molecule has 0 aliphatic rings. The average molecular weight is 236 g/mol. The predicted octanol–water partition coefficient (Wildman–Crippen LogP) is 2.85. The number of nitrogens with zero attached hydrogens (tertiary/aromatic N) is 2. The fourth-order valence-corrected chi connectivity index (χ4v) is 1.35. The molecule has 0 aliphatic carbocycles. The van der Waals surface area contributed by atoms with E-state index in [2.05, 4.69) is 32.8 Å². The lowest BCUT2D eigenvalue weighted by Gasteiger charge is -2.00. The largest absolute Gasteiger partial charge is 0.240 e. The first kappa shape index (κ1) is 8.94. The lowest BCUT2D eigenvalue weighted by Crippen LogP contribution is -1.92. The van der Waals surface area contributed by atoms with Gasteiger partial charge in [-0.1, -0.05) is 24.9 Å². The van der Waals surface area contributed by atoms with Crippen molar-refractivity contribution in [3.8, 4) is 0 Å². The van der Waals surface area contributed by atoms with Crippen LogP contribution in [0.4, 0.5) is 0 Å². The number of aryl methyl sites for hydroxylation is 1. The monoisotopic (exact) mass is 234 g/mol. The predicted molar refractivity (Wildman–Crippen MR) is 48.7 cm³/mol. The second kappa shape index (κ2) is 4.02. The first-order valence-electron chi connectivity index (χ1n) is 3.40. The summed E-state index contributed by atoms with van der Waals surface area (Å²) in [5.74, 6) is 0. The van der Waals surface area contributed by atoms with Gasteiger partial charge in [0.2, 0.25) is 0 Å². The zero-order chi connectivity index (χ0) is 8.27. The molecule has 0 amide bonds. The Morgan fingerprint density at radius 2 is 2.27 bits per heavy atom. The first-order valence-corrected chi connectivity index (χ1v) is 4.57. The maximum atomic E-state index is 5.75. The summed E-state index contributed by atoms with van der Waals surface area (Å²) in [4.78, 5) is 7.92. The van der Waals surface area contributed by atoms with Gasteiger partial charge in [-0.2, -0.15) is 0 Å². The van der Waals surface area contributed by atoms with Gasteiger partial charge in [-0.05, 0) is 22.4 Å². The van der Waals surface area contributed by atoms with Gasteiger partial charge in [0.1, 0.15) is 11.5 Å². The molecule has 1 rings (SSSR count). The van der Waals surface area contributed by atoms with Crippen LogP contribution in [0.2, 0.25) is 5.15 Å². The van der Waals surface area contributed by atoms with Crippen molar-refractivity contribution < 1.29 is 0 Å². The van der Waals surface area contributed by atoms with Crippen LogP contribution in [0.3, 0.4) is 0 Å². The number of aromatic nitrogens is 2. The van der Waals surface area contributed by atoms with E-state index in [4.69, 9.17) is 11.6 Å². The molecule has 60 valence electrons. The summed E-state index contributed by atoms with van der Waals surface area (Å²) >= 11 is 9.08. The van der Waals surface area contributed by atoms with Crippen molar-refractivity contribution in [2.24, 2.45) is 0 Å². The molecule has 0 radical (unpaired) electrons. The molecule has 0 saturated carbocycles. The second-order valence-electron chi connectivity index (χ2n) is 2.18. The van der Waals surface area contributed by atoms with Crippen molar-refractivity contribution in [2.45, 2.75) is 19.8 Å². The van der Waals surface area contributed by atoms with Crippen LogP contribution in [-0.2, 0) is 6.42 Å². The number of hydrogen-bond acceptors (Lipinski definition) is 2.